The maximum Gasteiger partial charge on any atom is 0.573 e. The van der Waals surface area contributed by atoms with Gasteiger partial charge in [0.05, 0.1) is 0 Å². The van der Waals surface area contributed by atoms with Gasteiger partial charge in [-0.15, -0.1) is 13.2 Å². The monoisotopic (exact) mass is 248 g/mol. The summed E-state index contributed by atoms with van der Waals surface area (Å²) >= 11 is 0. The van der Waals surface area contributed by atoms with E-state index in [9.17, 15) is 13.2 Å². The minimum Gasteiger partial charge on any atom is -0.406 e. The number of hydrogen-bond acceptors (Lipinski definition) is 3. The first-order valence-electron chi connectivity index (χ1n) is 5.04. The van der Waals surface area contributed by atoms with E-state index in [1.807, 2.05) is 13.8 Å². The molecule has 0 bridgehead atoms. The second-order valence-electron chi connectivity index (χ2n) is 4.41. The largest absolute Gasteiger partial charge is 0.573 e. The summed E-state index contributed by atoms with van der Waals surface area (Å²) < 4.78 is 39.4. The van der Waals surface area contributed by atoms with Crippen LogP contribution < -0.4 is 15.8 Å². The van der Waals surface area contributed by atoms with Crippen molar-refractivity contribution in [3.63, 3.8) is 0 Å². The summed E-state index contributed by atoms with van der Waals surface area (Å²) in [5.41, 5.74) is 6.07. The highest BCUT2D eigenvalue weighted by Gasteiger charge is 2.30. The van der Waals surface area contributed by atoms with Crippen LogP contribution >= 0.6 is 0 Å². The van der Waals surface area contributed by atoms with Gasteiger partial charge in [-0.1, -0.05) is 0 Å². The summed E-state index contributed by atoms with van der Waals surface area (Å²) in [7, 11) is 0. The Morgan fingerprint density at radius 3 is 2.12 bits per heavy atom. The average Bonchev–Trinajstić information content (AvgIpc) is 2.13. The number of alkyl halides is 3. The predicted octanol–water partition coefficient (Wildman–Crippen LogP) is 2.73. The highest BCUT2D eigenvalue weighted by atomic mass is 19.4. The SMILES string of the molecule is CC(C)(N)CNc1ccc(OC(F)(F)F)cc1. The molecule has 17 heavy (non-hydrogen) atoms. The van der Waals surface area contributed by atoms with Gasteiger partial charge < -0.3 is 15.8 Å². The fourth-order valence-electron chi connectivity index (χ4n) is 1.10. The van der Waals surface area contributed by atoms with Crippen LogP contribution in [0.15, 0.2) is 24.3 Å². The normalized spacial score (nSPS) is 12.4. The van der Waals surface area contributed by atoms with Crippen LogP contribution in [0.4, 0.5) is 18.9 Å². The first kappa shape index (κ1) is 13.6. The molecule has 3 nitrogen and oxygen atoms in total. The second-order valence-corrected chi connectivity index (χ2v) is 4.41. The van der Waals surface area contributed by atoms with Crippen LogP contribution in [0, 0.1) is 0 Å². The first-order chi connectivity index (χ1) is 7.66. The van der Waals surface area contributed by atoms with Gasteiger partial charge in [0.1, 0.15) is 5.75 Å². The van der Waals surface area contributed by atoms with Crippen molar-refractivity contribution in [1.29, 1.82) is 0 Å². The standard InChI is InChI=1S/C11H15F3N2O/c1-10(2,15)7-16-8-3-5-9(6-4-8)17-11(12,13)14/h3-6,16H,7,15H2,1-2H3. The number of hydrogen-bond donors (Lipinski definition) is 2. The average molecular weight is 248 g/mol. The van der Waals surface area contributed by atoms with E-state index in [0.717, 1.165) is 0 Å². The molecule has 0 aliphatic rings. The topological polar surface area (TPSA) is 47.3 Å². The van der Waals surface area contributed by atoms with Crippen LogP contribution in [0.25, 0.3) is 0 Å². The van der Waals surface area contributed by atoms with Crippen LogP contribution in [0.1, 0.15) is 13.8 Å². The Balaban J connectivity index is 2.56. The fraction of sp³-hybridized carbons (Fsp3) is 0.455. The van der Waals surface area contributed by atoms with Gasteiger partial charge in [0.25, 0.3) is 0 Å². The summed E-state index contributed by atoms with van der Waals surface area (Å²) in [5.74, 6) is -0.241. The summed E-state index contributed by atoms with van der Waals surface area (Å²) in [6.07, 6.45) is -4.66. The summed E-state index contributed by atoms with van der Waals surface area (Å²) in [4.78, 5) is 0. The van der Waals surface area contributed by atoms with Gasteiger partial charge in [-0.2, -0.15) is 0 Å². The lowest BCUT2D eigenvalue weighted by Gasteiger charge is -2.19. The van der Waals surface area contributed by atoms with Crippen LogP contribution in [0.5, 0.6) is 5.75 Å². The van der Waals surface area contributed by atoms with E-state index in [4.69, 9.17) is 5.73 Å². The van der Waals surface area contributed by atoms with E-state index in [-0.39, 0.29) is 11.3 Å². The highest BCUT2D eigenvalue weighted by molar-refractivity contribution is 5.46. The molecule has 0 saturated heterocycles. The van der Waals surface area contributed by atoms with E-state index in [2.05, 4.69) is 10.1 Å². The van der Waals surface area contributed by atoms with Crippen molar-refractivity contribution >= 4 is 5.69 Å². The molecule has 0 amide bonds. The number of benzene rings is 1. The third-order valence-corrected chi connectivity index (χ3v) is 1.84. The molecule has 96 valence electrons. The van der Waals surface area contributed by atoms with Crippen molar-refractivity contribution in [2.75, 3.05) is 11.9 Å². The van der Waals surface area contributed by atoms with Crippen LogP contribution in [-0.4, -0.2) is 18.4 Å². The van der Waals surface area contributed by atoms with Crippen LogP contribution in [0.2, 0.25) is 0 Å². The second kappa shape index (κ2) is 4.83. The van der Waals surface area contributed by atoms with E-state index < -0.39 is 6.36 Å². The van der Waals surface area contributed by atoms with Gasteiger partial charge in [-0.25, -0.2) is 0 Å². The summed E-state index contributed by atoms with van der Waals surface area (Å²) in [6, 6.07) is 5.51. The number of rotatable bonds is 4. The number of anilines is 1. The quantitative estimate of drug-likeness (QED) is 0.861. The van der Waals surface area contributed by atoms with Crippen molar-refractivity contribution in [2.45, 2.75) is 25.7 Å². The van der Waals surface area contributed by atoms with Crippen molar-refractivity contribution in [2.24, 2.45) is 5.73 Å². The molecule has 0 heterocycles. The molecular formula is C11H15F3N2O. The molecule has 1 aromatic carbocycles. The lowest BCUT2D eigenvalue weighted by Crippen LogP contribution is -2.39. The Morgan fingerprint density at radius 1 is 1.18 bits per heavy atom. The molecule has 3 N–H and O–H groups in total. The van der Waals surface area contributed by atoms with Crippen molar-refractivity contribution in [3.8, 4) is 5.75 Å². The molecule has 0 radical (unpaired) electrons. The van der Waals surface area contributed by atoms with Crippen LogP contribution in [-0.2, 0) is 0 Å². The first-order valence-corrected chi connectivity index (χ1v) is 5.04. The molecule has 0 aromatic heterocycles. The molecule has 1 aromatic rings. The Labute approximate surface area is 97.8 Å². The molecule has 6 heteroatoms. The van der Waals surface area contributed by atoms with E-state index in [0.29, 0.717) is 12.2 Å². The Kier molecular flexibility index (Phi) is 3.87. The number of nitrogens with two attached hydrogens (primary N) is 1. The van der Waals surface area contributed by atoms with E-state index >= 15 is 0 Å². The molecule has 0 unspecified atom stereocenters. The Bertz CT molecular complexity index is 354. The van der Waals surface area contributed by atoms with Gasteiger partial charge in [-0.3, -0.25) is 0 Å². The van der Waals surface area contributed by atoms with Gasteiger partial charge in [0.15, 0.2) is 0 Å². The molecule has 0 aliphatic carbocycles. The molecule has 0 fully saturated rings. The molecule has 1 rings (SSSR count). The lowest BCUT2D eigenvalue weighted by atomic mass is 10.1. The van der Waals surface area contributed by atoms with Crippen LogP contribution in [0.3, 0.4) is 0 Å². The molecular weight excluding hydrogens is 233 g/mol. The highest BCUT2D eigenvalue weighted by Crippen LogP contribution is 2.23. The molecule has 0 saturated carbocycles. The zero-order chi connectivity index (χ0) is 13.1. The maximum absolute atomic E-state index is 11.9. The minimum absolute atomic E-state index is 0.241. The van der Waals surface area contributed by atoms with Gasteiger partial charge in [0.2, 0.25) is 0 Å². The number of ether oxygens (including phenoxy) is 1. The predicted molar refractivity (Wildman–Crippen MR) is 59.9 cm³/mol. The zero-order valence-electron chi connectivity index (χ0n) is 9.64. The summed E-state index contributed by atoms with van der Waals surface area (Å²) in [6.45, 7) is 4.22. The fourth-order valence-corrected chi connectivity index (χ4v) is 1.10. The smallest absolute Gasteiger partial charge is 0.406 e. The van der Waals surface area contributed by atoms with Gasteiger partial charge >= 0.3 is 6.36 Å². The third-order valence-electron chi connectivity index (χ3n) is 1.84. The van der Waals surface area contributed by atoms with Gasteiger partial charge in [0, 0.05) is 17.8 Å². The minimum atomic E-state index is -4.66. The van der Waals surface area contributed by atoms with Crippen molar-refractivity contribution in [1.82, 2.24) is 0 Å². The van der Waals surface area contributed by atoms with E-state index in [1.165, 1.54) is 24.3 Å². The van der Waals surface area contributed by atoms with E-state index in [1.54, 1.807) is 0 Å². The Morgan fingerprint density at radius 2 is 1.71 bits per heavy atom. The third kappa shape index (κ3) is 6.01. The van der Waals surface area contributed by atoms with Gasteiger partial charge in [-0.05, 0) is 38.1 Å². The molecule has 0 atom stereocenters. The number of halogens is 3. The maximum atomic E-state index is 11.9. The van der Waals surface area contributed by atoms with Crippen molar-refractivity contribution < 1.29 is 17.9 Å². The van der Waals surface area contributed by atoms with Crippen molar-refractivity contribution in [3.05, 3.63) is 24.3 Å². The summed E-state index contributed by atoms with van der Waals surface area (Å²) in [5, 5.41) is 3.01. The Hall–Kier alpha value is -1.43. The molecule has 0 spiro atoms. The molecule has 0 aliphatic heterocycles. The zero-order valence-corrected chi connectivity index (χ0v) is 9.64. The number of nitrogens with one attached hydrogen (secondary N) is 1. The lowest BCUT2D eigenvalue weighted by molar-refractivity contribution is -0.274.